The summed E-state index contributed by atoms with van der Waals surface area (Å²) in [6, 6.07) is 7.62. The van der Waals surface area contributed by atoms with E-state index >= 15 is 0 Å². The lowest BCUT2D eigenvalue weighted by molar-refractivity contribution is 0.248. The first-order valence-electron chi connectivity index (χ1n) is 7.02. The van der Waals surface area contributed by atoms with E-state index in [1.54, 1.807) is 0 Å². The third-order valence-electron chi connectivity index (χ3n) is 3.07. The first-order valence-corrected chi connectivity index (χ1v) is 7.02. The molecule has 0 saturated carbocycles. The third-order valence-corrected chi connectivity index (χ3v) is 3.07. The van der Waals surface area contributed by atoms with Crippen LogP contribution in [0.3, 0.4) is 0 Å². The molecule has 106 valence electrons. The van der Waals surface area contributed by atoms with Crippen molar-refractivity contribution in [1.82, 2.24) is 5.32 Å². The second-order valence-electron chi connectivity index (χ2n) is 4.90. The van der Waals surface area contributed by atoms with Gasteiger partial charge in [0, 0.05) is 18.3 Å². The van der Waals surface area contributed by atoms with Crippen LogP contribution in [0.1, 0.15) is 45.1 Å². The molecule has 4 nitrogen and oxygen atoms in total. The Morgan fingerprint density at radius 3 is 2.53 bits per heavy atom. The summed E-state index contributed by atoms with van der Waals surface area (Å²) >= 11 is 0. The number of unbranched alkanes of at least 4 members (excludes halogenated alkanes) is 2. The quantitative estimate of drug-likeness (QED) is 0.661. The maximum Gasteiger partial charge on any atom is 0.319 e. The molecule has 1 aromatic carbocycles. The van der Waals surface area contributed by atoms with Gasteiger partial charge >= 0.3 is 6.03 Å². The largest absolute Gasteiger partial charge is 0.335 e. The summed E-state index contributed by atoms with van der Waals surface area (Å²) in [5.74, 6) is 0. The van der Waals surface area contributed by atoms with Gasteiger partial charge in [-0.1, -0.05) is 38.3 Å². The predicted octanol–water partition coefficient (Wildman–Crippen LogP) is 3.24. The van der Waals surface area contributed by atoms with Crippen LogP contribution in [0.15, 0.2) is 24.3 Å². The minimum Gasteiger partial charge on any atom is -0.335 e. The van der Waals surface area contributed by atoms with E-state index in [1.807, 2.05) is 31.2 Å². The van der Waals surface area contributed by atoms with Crippen LogP contribution in [0.25, 0.3) is 0 Å². The second-order valence-corrected chi connectivity index (χ2v) is 4.90. The van der Waals surface area contributed by atoms with E-state index in [1.165, 1.54) is 12.8 Å². The summed E-state index contributed by atoms with van der Waals surface area (Å²) in [4.78, 5) is 11.8. The monoisotopic (exact) mass is 263 g/mol. The lowest BCUT2D eigenvalue weighted by Crippen LogP contribution is -2.36. The Hall–Kier alpha value is -1.55. The summed E-state index contributed by atoms with van der Waals surface area (Å²) in [6.07, 6.45) is 4.59. The van der Waals surface area contributed by atoms with Crippen LogP contribution in [-0.2, 0) is 6.54 Å². The van der Waals surface area contributed by atoms with Crippen molar-refractivity contribution in [2.45, 2.75) is 52.1 Å². The summed E-state index contributed by atoms with van der Waals surface area (Å²) in [5, 5.41) is 5.76. The van der Waals surface area contributed by atoms with Gasteiger partial charge in [-0.2, -0.15) is 0 Å². The maximum absolute atomic E-state index is 11.8. The number of nitrogens with two attached hydrogens (primary N) is 1. The molecule has 1 atom stereocenters. The van der Waals surface area contributed by atoms with E-state index in [9.17, 15) is 4.79 Å². The Morgan fingerprint density at radius 1 is 1.26 bits per heavy atom. The highest BCUT2D eigenvalue weighted by atomic mass is 16.2. The molecule has 0 aliphatic carbocycles. The van der Waals surface area contributed by atoms with Gasteiger partial charge in [0.05, 0.1) is 0 Å². The number of hydrogen-bond donors (Lipinski definition) is 3. The molecule has 0 aliphatic heterocycles. The van der Waals surface area contributed by atoms with Crippen LogP contribution in [0, 0.1) is 0 Å². The minimum atomic E-state index is -0.149. The van der Waals surface area contributed by atoms with Crippen molar-refractivity contribution in [3.05, 3.63) is 29.8 Å². The molecule has 0 bridgehead atoms. The molecule has 1 rings (SSSR count). The topological polar surface area (TPSA) is 67.2 Å². The average Bonchev–Trinajstić information content (AvgIpc) is 2.39. The highest BCUT2D eigenvalue weighted by molar-refractivity contribution is 5.89. The fourth-order valence-electron chi connectivity index (χ4n) is 1.89. The lowest BCUT2D eigenvalue weighted by Gasteiger charge is -2.14. The van der Waals surface area contributed by atoms with E-state index < -0.39 is 0 Å². The molecule has 0 aliphatic rings. The van der Waals surface area contributed by atoms with Crippen LogP contribution < -0.4 is 16.4 Å². The van der Waals surface area contributed by atoms with Gasteiger partial charge in [-0.3, -0.25) is 0 Å². The fourth-order valence-corrected chi connectivity index (χ4v) is 1.89. The van der Waals surface area contributed by atoms with Gasteiger partial charge < -0.3 is 16.4 Å². The molecule has 19 heavy (non-hydrogen) atoms. The van der Waals surface area contributed by atoms with Gasteiger partial charge in [-0.05, 0) is 31.0 Å². The van der Waals surface area contributed by atoms with Crippen molar-refractivity contribution < 1.29 is 4.79 Å². The van der Waals surface area contributed by atoms with Crippen LogP contribution in [0.4, 0.5) is 10.5 Å². The number of rotatable bonds is 7. The van der Waals surface area contributed by atoms with Crippen molar-refractivity contribution in [2.75, 3.05) is 5.32 Å². The number of hydrogen-bond acceptors (Lipinski definition) is 2. The Kier molecular flexibility index (Phi) is 6.97. The summed E-state index contributed by atoms with van der Waals surface area (Å²) < 4.78 is 0. The molecule has 4 N–H and O–H groups in total. The van der Waals surface area contributed by atoms with E-state index in [0.717, 1.165) is 24.1 Å². The molecule has 0 spiro atoms. The fraction of sp³-hybridized carbons (Fsp3) is 0.533. The van der Waals surface area contributed by atoms with Crippen molar-refractivity contribution in [3.63, 3.8) is 0 Å². The minimum absolute atomic E-state index is 0.149. The van der Waals surface area contributed by atoms with Gasteiger partial charge in [0.1, 0.15) is 0 Å². The molecule has 0 radical (unpaired) electrons. The Labute approximate surface area is 115 Å². The normalized spacial score (nSPS) is 11.9. The summed E-state index contributed by atoms with van der Waals surface area (Å²) in [6.45, 7) is 4.73. The summed E-state index contributed by atoms with van der Waals surface area (Å²) in [5.41, 5.74) is 7.37. The molecule has 0 aromatic heterocycles. The molecule has 2 amide bonds. The van der Waals surface area contributed by atoms with Crippen molar-refractivity contribution in [1.29, 1.82) is 0 Å². The zero-order valence-corrected chi connectivity index (χ0v) is 11.9. The van der Waals surface area contributed by atoms with E-state index in [4.69, 9.17) is 5.73 Å². The van der Waals surface area contributed by atoms with E-state index in [0.29, 0.717) is 6.54 Å². The van der Waals surface area contributed by atoms with Gasteiger partial charge in [0.15, 0.2) is 0 Å². The molecular formula is C15H25N3O. The number of nitrogens with one attached hydrogen (secondary N) is 2. The van der Waals surface area contributed by atoms with E-state index in [-0.39, 0.29) is 12.1 Å². The summed E-state index contributed by atoms with van der Waals surface area (Å²) in [7, 11) is 0. The van der Waals surface area contributed by atoms with Crippen LogP contribution >= 0.6 is 0 Å². The smallest absolute Gasteiger partial charge is 0.319 e. The Balaban J connectivity index is 2.33. The Bertz CT molecular complexity index is 375. The number of urea groups is 1. The van der Waals surface area contributed by atoms with E-state index in [2.05, 4.69) is 17.6 Å². The molecule has 1 unspecified atom stereocenters. The van der Waals surface area contributed by atoms with Crippen LogP contribution in [-0.4, -0.2) is 12.1 Å². The van der Waals surface area contributed by atoms with Crippen molar-refractivity contribution in [3.8, 4) is 0 Å². The van der Waals surface area contributed by atoms with Gasteiger partial charge in [0.25, 0.3) is 0 Å². The number of benzene rings is 1. The first-order chi connectivity index (χ1) is 9.15. The van der Waals surface area contributed by atoms with Crippen LogP contribution in [0.2, 0.25) is 0 Å². The first kappa shape index (κ1) is 15.5. The zero-order chi connectivity index (χ0) is 14.1. The Morgan fingerprint density at radius 2 is 1.95 bits per heavy atom. The standard InChI is InChI=1S/C15H25N3O/c1-3-4-5-6-12(2)17-15(19)18-14-9-7-13(11-16)8-10-14/h7-10,12H,3-6,11,16H2,1-2H3,(H2,17,18,19). The highest BCUT2D eigenvalue weighted by Gasteiger charge is 2.06. The van der Waals surface area contributed by atoms with Crippen molar-refractivity contribution >= 4 is 11.7 Å². The predicted molar refractivity (Wildman–Crippen MR) is 80.1 cm³/mol. The molecule has 0 heterocycles. The zero-order valence-electron chi connectivity index (χ0n) is 11.9. The highest BCUT2D eigenvalue weighted by Crippen LogP contribution is 2.09. The van der Waals surface area contributed by atoms with Crippen LogP contribution in [0.5, 0.6) is 0 Å². The van der Waals surface area contributed by atoms with Crippen molar-refractivity contribution in [2.24, 2.45) is 5.73 Å². The number of anilines is 1. The average molecular weight is 263 g/mol. The number of carbonyl (C=O) groups excluding carboxylic acids is 1. The lowest BCUT2D eigenvalue weighted by atomic mass is 10.1. The second kappa shape index (κ2) is 8.53. The number of amides is 2. The molecule has 0 fully saturated rings. The van der Waals surface area contributed by atoms with Gasteiger partial charge in [-0.25, -0.2) is 4.79 Å². The van der Waals surface area contributed by atoms with Gasteiger partial charge in [-0.15, -0.1) is 0 Å². The molecule has 1 aromatic rings. The SMILES string of the molecule is CCCCCC(C)NC(=O)Nc1ccc(CN)cc1. The molecule has 4 heteroatoms. The molecule has 0 saturated heterocycles. The van der Waals surface area contributed by atoms with Gasteiger partial charge in [0.2, 0.25) is 0 Å². The molecular weight excluding hydrogens is 238 g/mol. The third kappa shape index (κ3) is 6.25. The number of carbonyl (C=O) groups is 1. The maximum atomic E-state index is 11.8.